The predicted octanol–water partition coefficient (Wildman–Crippen LogP) is 5.47. The molecule has 5 heteroatoms. The molecule has 2 aromatic carbocycles. The maximum absolute atomic E-state index is 6.40. The lowest BCUT2D eigenvalue weighted by Gasteiger charge is -2.16. The Balaban J connectivity index is 2.13. The van der Waals surface area contributed by atoms with E-state index in [4.69, 9.17) is 32.7 Å². The number of ether oxygens (including phenoxy) is 2. The maximum atomic E-state index is 6.40. The van der Waals surface area contributed by atoms with Crippen LogP contribution in [0.3, 0.4) is 0 Å². The van der Waals surface area contributed by atoms with Gasteiger partial charge in [-0.05, 0) is 37.1 Å². The van der Waals surface area contributed by atoms with Gasteiger partial charge in [-0.2, -0.15) is 0 Å². The molecule has 1 N–H and O–H groups in total. The molecule has 130 valence electrons. The number of nitrogens with one attached hydrogen (secondary N) is 1. The first-order valence-electron chi connectivity index (χ1n) is 8.01. The van der Waals surface area contributed by atoms with Crippen LogP contribution < -0.4 is 14.8 Å². The molecular weight excluding hydrogens is 345 g/mol. The van der Waals surface area contributed by atoms with Gasteiger partial charge in [0.15, 0.2) is 11.5 Å². The highest BCUT2D eigenvalue weighted by Gasteiger charge is 2.13. The van der Waals surface area contributed by atoms with Gasteiger partial charge in [-0.25, -0.2) is 0 Å². The van der Waals surface area contributed by atoms with E-state index in [1.54, 1.807) is 7.11 Å². The molecule has 24 heavy (non-hydrogen) atoms. The van der Waals surface area contributed by atoms with E-state index in [0.717, 1.165) is 24.1 Å². The van der Waals surface area contributed by atoms with Crippen LogP contribution in [-0.4, -0.2) is 13.2 Å². The average Bonchev–Trinajstić information content (AvgIpc) is 2.59. The Morgan fingerprint density at radius 3 is 2.54 bits per heavy atom. The largest absolute Gasteiger partial charge is 0.493 e. The number of hydrogen-bond acceptors (Lipinski definition) is 3. The Bertz CT molecular complexity index is 676. The van der Waals surface area contributed by atoms with Crippen LogP contribution in [0, 0.1) is 0 Å². The molecule has 0 aliphatic rings. The molecular formula is C19H23Cl2NO2. The SMILES string of the molecule is CCC(C)NCc1cc(Cl)c(OCc2ccccc2Cl)c(OC)c1. The summed E-state index contributed by atoms with van der Waals surface area (Å²) in [5.74, 6) is 1.15. The van der Waals surface area contributed by atoms with Crippen molar-refractivity contribution >= 4 is 23.2 Å². The standard InChI is InChI=1S/C19H23Cl2NO2/c1-4-13(2)22-11-14-9-17(21)19(18(10-14)23-3)24-12-15-7-5-6-8-16(15)20/h5-10,13,22H,4,11-12H2,1-3H3. The first-order chi connectivity index (χ1) is 11.5. The highest BCUT2D eigenvalue weighted by molar-refractivity contribution is 6.32. The van der Waals surface area contributed by atoms with E-state index in [9.17, 15) is 0 Å². The molecule has 1 atom stereocenters. The van der Waals surface area contributed by atoms with Gasteiger partial charge < -0.3 is 14.8 Å². The summed E-state index contributed by atoms with van der Waals surface area (Å²) in [6.45, 7) is 5.37. The molecule has 0 saturated carbocycles. The van der Waals surface area contributed by atoms with Gasteiger partial charge in [0.1, 0.15) is 6.61 Å². The van der Waals surface area contributed by atoms with Crippen LogP contribution in [-0.2, 0) is 13.2 Å². The summed E-state index contributed by atoms with van der Waals surface area (Å²) < 4.78 is 11.3. The van der Waals surface area contributed by atoms with Crippen molar-refractivity contribution in [3.8, 4) is 11.5 Å². The number of halogens is 2. The Kier molecular flexibility index (Phi) is 7.22. The van der Waals surface area contributed by atoms with E-state index >= 15 is 0 Å². The van der Waals surface area contributed by atoms with Gasteiger partial charge in [-0.15, -0.1) is 0 Å². The molecule has 0 spiro atoms. The second-order valence-corrected chi connectivity index (χ2v) is 6.49. The summed E-state index contributed by atoms with van der Waals surface area (Å²) in [5, 5.41) is 4.64. The number of hydrogen-bond donors (Lipinski definition) is 1. The van der Waals surface area contributed by atoms with Crippen molar-refractivity contribution in [3.63, 3.8) is 0 Å². The third kappa shape index (κ3) is 5.04. The van der Waals surface area contributed by atoms with E-state index in [1.165, 1.54) is 0 Å². The quantitative estimate of drug-likeness (QED) is 0.670. The van der Waals surface area contributed by atoms with Crippen LogP contribution in [0.15, 0.2) is 36.4 Å². The van der Waals surface area contributed by atoms with Crippen LogP contribution in [0.2, 0.25) is 10.0 Å². The lowest BCUT2D eigenvalue weighted by molar-refractivity contribution is 0.284. The highest BCUT2D eigenvalue weighted by Crippen LogP contribution is 2.37. The van der Waals surface area contributed by atoms with Crippen molar-refractivity contribution in [1.82, 2.24) is 5.32 Å². The fourth-order valence-electron chi connectivity index (χ4n) is 2.22. The van der Waals surface area contributed by atoms with Crippen molar-refractivity contribution in [2.24, 2.45) is 0 Å². The number of methoxy groups -OCH3 is 1. The molecule has 0 saturated heterocycles. The predicted molar refractivity (Wildman–Crippen MR) is 100 cm³/mol. The summed E-state index contributed by atoms with van der Waals surface area (Å²) >= 11 is 12.6. The summed E-state index contributed by atoms with van der Waals surface area (Å²) in [7, 11) is 1.61. The monoisotopic (exact) mass is 367 g/mol. The van der Waals surface area contributed by atoms with Crippen LogP contribution in [0.1, 0.15) is 31.4 Å². The Hall–Kier alpha value is -1.42. The number of rotatable bonds is 8. The fourth-order valence-corrected chi connectivity index (χ4v) is 2.70. The molecule has 2 aromatic rings. The summed E-state index contributed by atoms with van der Waals surface area (Å²) in [4.78, 5) is 0. The van der Waals surface area contributed by atoms with Gasteiger partial charge in [-0.3, -0.25) is 0 Å². The first kappa shape index (κ1) is 18.9. The van der Waals surface area contributed by atoms with Gasteiger partial charge in [-0.1, -0.05) is 48.3 Å². The van der Waals surface area contributed by atoms with Gasteiger partial charge in [0.25, 0.3) is 0 Å². The average molecular weight is 368 g/mol. The molecule has 0 aliphatic carbocycles. The van der Waals surface area contributed by atoms with Gasteiger partial charge >= 0.3 is 0 Å². The highest BCUT2D eigenvalue weighted by atomic mass is 35.5. The van der Waals surface area contributed by atoms with Gasteiger partial charge in [0.2, 0.25) is 0 Å². The maximum Gasteiger partial charge on any atom is 0.180 e. The minimum Gasteiger partial charge on any atom is -0.493 e. The van der Waals surface area contributed by atoms with E-state index in [2.05, 4.69) is 19.2 Å². The van der Waals surface area contributed by atoms with Crippen molar-refractivity contribution in [1.29, 1.82) is 0 Å². The third-order valence-corrected chi connectivity index (χ3v) is 4.54. The zero-order chi connectivity index (χ0) is 17.5. The molecule has 0 fully saturated rings. The Morgan fingerprint density at radius 2 is 1.88 bits per heavy atom. The molecule has 0 amide bonds. The van der Waals surface area contributed by atoms with Crippen LogP contribution in [0.25, 0.3) is 0 Å². The van der Waals surface area contributed by atoms with E-state index in [1.807, 2.05) is 36.4 Å². The summed E-state index contributed by atoms with van der Waals surface area (Å²) in [6, 6.07) is 11.9. The molecule has 1 unspecified atom stereocenters. The third-order valence-electron chi connectivity index (χ3n) is 3.89. The van der Waals surface area contributed by atoms with E-state index in [0.29, 0.717) is 34.2 Å². The van der Waals surface area contributed by atoms with Crippen LogP contribution in [0.4, 0.5) is 0 Å². The van der Waals surface area contributed by atoms with Crippen LogP contribution >= 0.6 is 23.2 Å². The normalized spacial score (nSPS) is 12.0. The number of benzene rings is 2. The molecule has 3 nitrogen and oxygen atoms in total. The lowest BCUT2D eigenvalue weighted by Crippen LogP contribution is -2.24. The minimum atomic E-state index is 0.334. The van der Waals surface area contributed by atoms with E-state index in [-0.39, 0.29) is 0 Å². The van der Waals surface area contributed by atoms with Crippen molar-refractivity contribution in [2.75, 3.05) is 7.11 Å². The Labute approximate surface area is 153 Å². The summed E-state index contributed by atoms with van der Waals surface area (Å²) in [5.41, 5.74) is 1.96. The Morgan fingerprint density at radius 1 is 1.12 bits per heavy atom. The molecule has 0 bridgehead atoms. The first-order valence-corrected chi connectivity index (χ1v) is 8.76. The fraction of sp³-hybridized carbons (Fsp3) is 0.368. The molecule has 0 radical (unpaired) electrons. The molecule has 0 aromatic heterocycles. The lowest BCUT2D eigenvalue weighted by atomic mass is 10.1. The topological polar surface area (TPSA) is 30.5 Å². The second kappa shape index (κ2) is 9.16. The van der Waals surface area contributed by atoms with Crippen LogP contribution in [0.5, 0.6) is 11.5 Å². The molecule has 2 rings (SSSR count). The smallest absolute Gasteiger partial charge is 0.180 e. The minimum absolute atomic E-state index is 0.334. The summed E-state index contributed by atoms with van der Waals surface area (Å²) in [6.07, 6.45) is 1.07. The molecule has 0 heterocycles. The van der Waals surface area contributed by atoms with Crippen molar-refractivity contribution in [3.05, 3.63) is 57.6 Å². The zero-order valence-corrected chi connectivity index (χ0v) is 15.7. The van der Waals surface area contributed by atoms with Gasteiger partial charge in [0, 0.05) is 23.2 Å². The molecule has 0 aliphatic heterocycles. The van der Waals surface area contributed by atoms with Crippen molar-refractivity contribution in [2.45, 2.75) is 39.5 Å². The second-order valence-electron chi connectivity index (χ2n) is 5.68. The van der Waals surface area contributed by atoms with E-state index < -0.39 is 0 Å². The van der Waals surface area contributed by atoms with Crippen molar-refractivity contribution < 1.29 is 9.47 Å². The van der Waals surface area contributed by atoms with Gasteiger partial charge in [0.05, 0.1) is 12.1 Å². The zero-order valence-electron chi connectivity index (χ0n) is 14.2.